The van der Waals surface area contributed by atoms with E-state index in [0.717, 1.165) is 5.92 Å². The molecule has 0 radical (unpaired) electrons. The summed E-state index contributed by atoms with van der Waals surface area (Å²) in [5, 5.41) is 0. The standard InChI is InChI=1S/C21H40BIO2/c1-20(2)21(3,4)25-22(24-20)19(18-14-10-9-11-15-18)16-12-7-5-6-8-13-17-23/h18-19H,5-17H2,1-4H3. The van der Waals surface area contributed by atoms with Gasteiger partial charge in [0.1, 0.15) is 0 Å². The Hall–Kier alpha value is 0.715. The molecule has 0 bridgehead atoms. The van der Waals surface area contributed by atoms with Gasteiger partial charge in [0, 0.05) is 0 Å². The highest BCUT2D eigenvalue weighted by atomic mass is 127. The predicted octanol–water partition coefficient (Wildman–Crippen LogP) is 7.19. The largest absolute Gasteiger partial charge is 0.461 e. The summed E-state index contributed by atoms with van der Waals surface area (Å²) in [6.07, 6.45) is 16.6. The Morgan fingerprint density at radius 2 is 1.36 bits per heavy atom. The lowest BCUT2D eigenvalue weighted by Gasteiger charge is -2.32. The minimum Gasteiger partial charge on any atom is -0.403 e. The van der Waals surface area contributed by atoms with E-state index < -0.39 is 0 Å². The van der Waals surface area contributed by atoms with Crippen LogP contribution in [0.25, 0.3) is 0 Å². The SMILES string of the molecule is CC1(C)OB(C(CCCCCCCCI)C2CCCCC2)OC1(C)C. The first kappa shape index (κ1) is 22.0. The van der Waals surface area contributed by atoms with Crippen molar-refractivity contribution in [1.82, 2.24) is 0 Å². The van der Waals surface area contributed by atoms with E-state index in [0.29, 0.717) is 5.82 Å². The summed E-state index contributed by atoms with van der Waals surface area (Å²) in [7, 11) is 0.00659. The van der Waals surface area contributed by atoms with Crippen molar-refractivity contribution in [3.05, 3.63) is 0 Å². The maximum Gasteiger partial charge on any atom is 0.461 e. The fraction of sp³-hybridized carbons (Fsp3) is 1.00. The summed E-state index contributed by atoms with van der Waals surface area (Å²) in [6, 6.07) is 0. The molecular weight excluding hydrogens is 422 g/mol. The molecule has 2 rings (SSSR count). The Labute approximate surface area is 170 Å². The number of halogens is 1. The van der Waals surface area contributed by atoms with Crippen molar-refractivity contribution in [1.29, 1.82) is 0 Å². The normalized spacial score (nSPS) is 24.6. The Morgan fingerprint density at radius 1 is 0.840 bits per heavy atom. The average molecular weight is 462 g/mol. The molecule has 2 fully saturated rings. The van der Waals surface area contributed by atoms with E-state index in [1.165, 1.54) is 81.5 Å². The van der Waals surface area contributed by atoms with E-state index in [1.807, 2.05) is 0 Å². The fourth-order valence-corrected chi connectivity index (χ4v) is 4.94. The Morgan fingerprint density at radius 3 is 1.92 bits per heavy atom. The van der Waals surface area contributed by atoms with E-state index in [1.54, 1.807) is 0 Å². The van der Waals surface area contributed by atoms with Gasteiger partial charge in [0.05, 0.1) is 11.2 Å². The van der Waals surface area contributed by atoms with Gasteiger partial charge in [-0.1, -0.05) is 93.2 Å². The van der Waals surface area contributed by atoms with Gasteiger partial charge < -0.3 is 9.31 Å². The van der Waals surface area contributed by atoms with Crippen LogP contribution in [0.4, 0.5) is 0 Å². The molecule has 0 spiro atoms. The Kier molecular flexibility index (Phi) is 9.08. The quantitative estimate of drug-likeness (QED) is 0.148. The summed E-state index contributed by atoms with van der Waals surface area (Å²) in [4.78, 5) is 0. The summed E-state index contributed by atoms with van der Waals surface area (Å²) in [5.74, 6) is 1.40. The first-order chi connectivity index (χ1) is 11.9. The molecular formula is C21H40BIO2. The van der Waals surface area contributed by atoms with E-state index in [4.69, 9.17) is 9.31 Å². The highest BCUT2D eigenvalue weighted by Crippen LogP contribution is 2.46. The van der Waals surface area contributed by atoms with Crippen LogP contribution in [0.2, 0.25) is 5.82 Å². The molecule has 0 aromatic carbocycles. The molecule has 146 valence electrons. The molecule has 1 aliphatic carbocycles. The minimum absolute atomic E-state index is 0.00659. The number of rotatable bonds is 10. The maximum atomic E-state index is 6.47. The monoisotopic (exact) mass is 462 g/mol. The van der Waals surface area contributed by atoms with Crippen LogP contribution < -0.4 is 0 Å². The van der Waals surface area contributed by atoms with Gasteiger partial charge >= 0.3 is 7.12 Å². The molecule has 1 aliphatic heterocycles. The van der Waals surface area contributed by atoms with Gasteiger partial charge in [-0.25, -0.2) is 0 Å². The number of hydrogen-bond acceptors (Lipinski definition) is 2. The molecule has 2 aliphatic rings. The molecule has 1 heterocycles. The molecule has 0 amide bonds. The van der Waals surface area contributed by atoms with E-state index in [2.05, 4.69) is 50.3 Å². The van der Waals surface area contributed by atoms with E-state index in [-0.39, 0.29) is 18.3 Å². The van der Waals surface area contributed by atoms with Crippen LogP contribution in [0.1, 0.15) is 105 Å². The highest BCUT2D eigenvalue weighted by molar-refractivity contribution is 14.1. The zero-order valence-electron chi connectivity index (χ0n) is 17.1. The van der Waals surface area contributed by atoms with Crippen molar-refractivity contribution in [2.45, 2.75) is 122 Å². The third-order valence-corrected chi connectivity index (χ3v) is 7.56. The molecule has 25 heavy (non-hydrogen) atoms. The summed E-state index contributed by atoms with van der Waals surface area (Å²) in [5.41, 5.74) is -0.381. The fourth-order valence-electron chi connectivity index (χ4n) is 4.40. The maximum absolute atomic E-state index is 6.47. The summed E-state index contributed by atoms with van der Waals surface area (Å²) >= 11 is 2.49. The van der Waals surface area contributed by atoms with E-state index >= 15 is 0 Å². The average Bonchev–Trinajstić information content (AvgIpc) is 2.78. The van der Waals surface area contributed by atoms with Crippen molar-refractivity contribution in [3.8, 4) is 0 Å². The van der Waals surface area contributed by atoms with Crippen LogP contribution in [-0.2, 0) is 9.31 Å². The summed E-state index contributed by atoms with van der Waals surface area (Å²) in [6.45, 7) is 8.77. The third-order valence-electron chi connectivity index (χ3n) is 6.80. The topological polar surface area (TPSA) is 18.5 Å². The summed E-state index contributed by atoms with van der Waals surface area (Å²) < 4.78 is 14.2. The molecule has 1 atom stereocenters. The first-order valence-electron chi connectivity index (χ1n) is 10.8. The predicted molar refractivity (Wildman–Crippen MR) is 118 cm³/mol. The Balaban J connectivity index is 1.86. The van der Waals surface area contributed by atoms with Crippen LogP contribution >= 0.6 is 22.6 Å². The van der Waals surface area contributed by atoms with Gasteiger partial charge in [0.25, 0.3) is 0 Å². The van der Waals surface area contributed by atoms with Crippen LogP contribution in [0.15, 0.2) is 0 Å². The van der Waals surface area contributed by atoms with Gasteiger partial charge in [-0.2, -0.15) is 0 Å². The van der Waals surface area contributed by atoms with Gasteiger partial charge in [-0.05, 0) is 50.3 Å². The molecule has 4 heteroatoms. The second kappa shape index (κ2) is 10.3. The Bertz CT molecular complexity index is 364. The smallest absolute Gasteiger partial charge is 0.403 e. The van der Waals surface area contributed by atoms with Crippen molar-refractivity contribution < 1.29 is 9.31 Å². The number of hydrogen-bond donors (Lipinski definition) is 0. The first-order valence-corrected chi connectivity index (χ1v) is 12.3. The van der Waals surface area contributed by atoms with Crippen molar-refractivity contribution >= 4 is 29.7 Å². The molecule has 1 saturated carbocycles. The number of unbranched alkanes of at least 4 members (excludes halogenated alkanes) is 5. The molecule has 1 unspecified atom stereocenters. The third kappa shape index (κ3) is 6.38. The molecule has 0 N–H and O–H groups in total. The molecule has 1 saturated heterocycles. The van der Waals surface area contributed by atoms with Gasteiger partial charge in [0.2, 0.25) is 0 Å². The van der Waals surface area contributed by atoms with Gasteiger partial charge in [-0.3, -0.25) is 0 Å². The second-order valence-corrected chi connectivity index (χ2v) is 10.4. The zero-order valence-corrected chi connectivity index (χ0v) is 19.3. The van der Waals surface area contributed by atoms with Gasteiger partial charge in [0.15, 0.2) is 0 Å². The van der Waals surface area contributed by atoms with Gasteiger partial charge in [-0.15, -0.1) is 0 Å². The lowest BCUT2D eigenvalue weighted by molar-refractivity contribution is 0.00578. The van der Waals surface area contributed by atoms with Crippen molar-refractivity contribution in [2.24, 2.45) is 5.92 Å². The lowest BCUT2D eigenvalue weighted by atomic mass is 9.59. The second-order valence-electron chi connectivity index (χ2n) is 9.29. The molecule has 2 nitrogen and oxygen atoms in total. The molecule has 0 aromatic heterocycles. The van der Waals surface area contributed by atoms with Crippen molar-refractivity contribution in [3.63, 3.8) is 0 Å². The minimum atomic E-state index is -0.190. The molecule has 0 aromatic rings. The van der Waals surface area contributed by atoms with Crippen molar-refractivity contribution in [2.75, 3.05) is 4.43 Å². The van der Waals surface area contributed by atoms with Crippen LogP contribution in [0.5, 0.6) is 0 Å². The lowest BCUT2D eigenvalue weighted by Crippen LogP contribution is -2.41. The highest BCUT2D eigenvalue weighted by Gasteiger charge is 2.54. The van der Waals surface area contributed by atoms with Crippen LogP contribution in [-0.4, -0.2) is 22.7 Å². The number of alkyl halides is 1. The van der Waals surface area contributed by atoms with Crippen LogP contribution in [0, 0.1) is 5.92 Å². The van der Waals surface area contributed by atoms with Crippen LogP contribution in [0.3, 0.4) is 0 Å². The van der Waals surface area contributed by atoms with E-state index in [9.17, 15) is 0 Å². The zero-order chi connectivity index (χ0) is 18.3.